The SMILES string of the molecule is Cc1ccc(S(=O)(=O)NNc2nc(C)cc(=O)[nH]2)cc1. The zero-order valence-corrected chi connectivity index (χ0v) is 11.8. The van der Waals surface area contributed by atoms with E-state index in [2.05, 4.69) is 20.2 Å². The highest BCUT2D eigenvalue weighted by Gasteiger charge is 2.13. The number of nitrogens with zero attached hydrogens (tertiary/aromatic N) is 1. The molecule has 0 aliphatic rings. The maximum absolute atomic E-state index is 12.0. The summed E-state index contributed by atoms with van der Waals surface area (Å²) in [6.07, 6.45) is 0. The van der Waals surface area contributed by atoms with Crippen LogP contribution in [0.1, 0.15) is 11.3 Å². The maximum atomic E-state index is 12.0. The topological polar surface area (TPSA) is 104 Å². The lowest BCUT2D eigenvalue weighted by atomic mass is 10.2. The molecule has 3 N–H and O–H groups in total. The Hall–Kier alpha value is -2.19. The predicted octanol–water partition coefficient (Wildman–Crippen LogP) is 0.692. The van der Waals surface area contributed by atoms with E-state index in [0.717, 1.165) is 5.56 Å². The molecule has 0 aliphatic heterocycles. The number of hydrazine groups is 1. The van der Waals surface area contributed by atoms with Crippen molar-refractivity contribution in [2.75, 3.05) is 5.43 Å². The van der Waals surface area contributed by atoms with Crippen molar-refractivity contribution in [1.82, 2.24) is 14.8 Å². The Bertz CT molecular complexity index is 766. The Kier molecular flexibility index (Phi) is 3.86. The van der Waals surface area contributed by atoms with Gasteiger partial charge in [0, 0.05) is 11.8 Å². The second kappa shape index (κ2) is 5.43. The summed E-state index contributed by atoms with van der Waals surface area (Å²) in [4.78, 5) is 19.8. The molecule has 0 saturated heterocycles. The van der Waals surface area contributed by atoms with Crippen LogP contribution < -0.4 is 15.8 Å². The summed E-state index contributed by atoms with van der Waals surface area (Å²) in [7, 11) is -3.72. The van der Waals surface area contributed by atoms with Gasteiger partial charge in [-0.05, 0) is 26.0 Å². The highest BCUT2D eigenvalue weighted by molar-refractivity contribution is 7.89. The summed E-state index contributed by atoms with van der Waals surface area (Å²) >= 11 is 0. The number of nitrogens with one attached hydrogen (secondary N) is 3. The Balaban J connectivity index is 2.17. The van der Waals surface area contributed by atoms with Crippen LogP contribution in [0.5, 0.6) is 0 Å². The summed E-state index contributed by atoms with van der Waals surface area (Å²) in [5, 5.41) is 0. The van der Waals surface area contributed by atoms with Crippen molar-refractivity contribution >= 4 is 16.0 Å². The van der Waals surface area contributed by atoms with Crippen LogP contribution in [0.15, 0.2) is 40.0 Å². The smallest absolute Gasteiger partial charge is 0.257 e. The van der Waals surface area contributed by atoms with Crippen molar-refractivity contribution in [3.63, 3.8) is 0 Å². The van der Waals surface area contributed by atoms with E-state index < -0.39 is 10.0 Å². The largest absolute Gasteiger partial charge is 0.292 e. The molecule has 1 aromatic carbocycles. The van der Waals surface area contributed by atoms with Crippen LogP contribution in [0.2, 0.25) is 0 Å². The minimum atomic E-state index is -3.72. The Morgan fingerprint density at radius 2 is 1.80 bits per heavy atom. The van der Waals surface area contributed by atoms with E-state index in [1.165, 1.54) is 18.2 Å². The normalized spacial score (nSPS) is 11.3. The molecule has 1 heterocycles. The van der Waals surface area contributed by atoms with E-state index in [-0.39, 0.29) is 16.4 Å². The van der Waals surface area contributed by atoms with Gasteiger partial charge in [0.15, 0.2) is 0 Å². The van der Waals surface area contributed by atoms with E-state index in [1.54, 1.807) is 19.1 Å². The zero-order valence-electron chi connectivity index (χ0n) is 11.0. The van der Waals surface area contributed by atoms with Gasteiger partial charge in [-0.1, -0.05) is 17.7 Å². The molecule has 0 fully saturated rings. The van der Waals surface area contributed by atoms with Gasteiger partial charge in [-0.15, -0.1) is 4.83 Å². The predicted molar refractivity (Wildman–Crippen MR) is 74.7 cm³/mol. The average molecular weight is 294 g/mol. The average Bonchev–Trinajstić information content (AvgIpc) is 2.36. The fourth-order valence-electron chi connectivity index (χ4n) is 1.53. The van der Waals surface area contributed by atoms with Gasteiger partial charge in [0.05, 0.1) is 4.90 Å². The van der Waals surface area contributed by atoms with Crippen LogP contribution >= 0.6 is 0 Å². The van der Waals surface area contributed by atoms with Gasteiger partial charge in [0.2, 0.25) is 5.95 Å². The van der Waals surface area contributed by atoms with Crippen LogP contribution in [0.25, 0.3) is 0 Å². The van der Waals surface area contributed by atoms with E-state index in [9.17, 15) is 13.2 Å². The molecule has 20 heavy (non-hydrogen) atoms. The quantitative estimate of drug-likeness (QED) is 0.720. The molecule has 0 atom stereocenters. The zero-order chi connectivity index (χ0) is 14.8. The monoisotopic (exact) mass is 294 g/mol. The Morgan fingerprint density at radius 3 is 2.40 bits per heavy atom. The first-order valence-electron chi connectivity index (χ1n) is 5.79. The van der Waals surface area contributed by atoms with Crippen LogP contribution in [0.4, 0.5) is 5.95 Å². The van der Waals surface area contributed by atoms with Crippen molar-refractivity contribution in [3.05, 3.63) is 51.9 Å². The number of hydrogen-bond acceptors (Lipinski definition) is 5. The molecular weight excluding hydrogens is 280 g/mol. The molecule has 7 nitrogen and oxygen atoms in total. The summed E-state index contributed by atoms with van der Waals surface area (Å²) < 4.78 is 24.0. The van der Waals surface area contributed by atoms with Gasteiger partial charge in [-0.3, -0.25) is 15.2 Å². The molecule has 0 saturated carbocycles. The molecule has 0 aliphatic carbocycles. The number of benzene rings is 1. The number of hydrogen-bond donors (Lipinski definition) is 3. The molecule has 0 radical (unpaired) electrons. The number of rotatable bonds is 4. The van der Waals surface area contributed by atoms with Crippen molar-refractivity contribution in [2.24, 2.45) is 0 Å². The first kappa shape index (κ1) is 14.2. The highest BCUT2D eigenvalue weighted by atomic mass is 32.2. The molecule has 0 spiro atoms. The fourth-order valence-corrected chi connectivity index (χ4v) is 2.37. The van der Waals surface area contributed by atoms with Crippen LogP contribution in [0.3, 0.4) is 0 Å². The third-order valence-corrected chi connectivity index (χ3v) is 3.77. The van der Waals surface area contributed by atoms with Crippen LogP contribution in [-0.2, 0) is 10.0 Å². The van der Waals surface area contributed by atoms with Crippen LogP contribution in [-0.4, -0.2) is 18.4 Å². The Morgan fingerprint density at radius 1 is 1.15 bits per heavy atom. The van der Waals surface area contributed by atoms with Gasteiger partial charge >= 0.3 is 0 Å². The standard InChI is InChI=1S/C12H14N4O3S/c1-8-3-5-10(6-4-8)20(18,19)16-15-12-13-9(2)7-11(17)14-12/h3-7,16H,1-2H3,(H2,13,14,15,17). The lowest BCUT2D eigenvalue weighted by Gasteiger charge is -2.09. The number of H-pyrrole nitrogens is 1. The number of aromatic amines is 1. The lowest BCUT2D eigenvalue weighted by Crippen LogP contribution is -2.31. The summed E-state index contributed by atoms with van der Waals surface area (Å²) in [5.74, 6) is 0.0330. The number of sulfonamides is 1. The van der Waals surface area contributed by atoms with Gasteiger partial charge in [-0.25, -0.2) is 13.4 Å². The number of anilines is 1. The van der Waals surface area contributed by atoms with Crippen LogP contribution in [0, 0.1) is 13.8 Å². The number of aromatic nitrogens is 2. The van der Waals surface area contributed by atoms with Crippen molar-refractivity contribution in [1.29, 1.82) is 0 Å². The van der Waals surface area contributed by atoms with Gasteiger partial charge < -0.3 is 0 Å². The Labute approximate surface area is 116 Å². The van der Waals surface area contributed by atoms with E-state index in [4.69, 9.17) is 0 Å². The minimum Gasteiger partial charge on any atom is -0.292 e. The molecule has 8 heteroatoms. The third kappa shape index (κ3) is 3.43. The third-order valence-electron chi connectivity index (χ3n) is 2.50. The molecule has 2 rings (SSSR count). The molecule has 2 aromatic rings. The molecule has 1 aromatic heterocycles. The molecule has 106 valence electrons. The second-order valence-corrected chi connectivity index (χ2v) is 5.96. The van der Waals surface area contributed by atoms with E-state index >= 15 is 0 Å². The summed E-state index contributed by atoms with van der Waals surface area (Å²) in [5.41, 5.74) is 3.45. The molecule has 0 bridgehead atoms. The second-order valence-electron chi connectivity index (χ2n) is 4.28. The van der Waals surface area contributed by atoms with Crippen molar-refractivity contribution < 1.29 is 8.42 Å². The van der Waals surface area contributed by atoms with Gasteiger partial charge in [0.1, 0.15) is 0 Å². The highest BCUT2D eigenvalue weighted by Crippen LogP contribution is 2.09. The van der Waals surface area contributed by atoms with E-state index in [0.29, 0.717) is 5.69 Å². The maximum Gasteiger partial charge on any atom is 0.257 e. The fraction of sp³-hybridized carbons (Fsp3) is 0.167. The first-order chi connectivity index (χ1) is 9.37. The minimum absolute atomic E-state index is 0.0330. The molecule has 0 unspecified atom stereocenters. The van der Waals surface area contributed by atoms with Crippen molar-refractivity contribution in [2.45, 2.75) is 18.7 Å². The van der Waals surface area contributed by atoms with E-state index in [1.807, 2.05) is 6.92 Å². The first-order valence-corrected chi connectivity index (χ1v) is 7.27. The molecular formula is C12H14N4O3S. The van der Waals surface area contributed by atoms with Gasteiger partial charge in [0.25, 0.3) is 15.6 Å². The lowest BCUT2D eigenvalue weighted by molar-refractivity contribution is 0.587. The summed E-state index contributed by atoms with van der Waals surface area (Å²) in [6.45, 7) is 3.50. The van der Waals surface area contributed by atoms with Crippen molar-refractivity contribution in [3.8, 4) is 0 Å². The summed E-state index contributed by atoms with van der Waals surface area (Å²) in [6, 6.07) is 7.68. The van der Waals surface area contributed by atoms with Gasteiger partial charge in [-0.2, -0.15) is 0 Å². The molecule has 0 amide bonds. The number of aryl methyl sites for hydroxylation is 2.